The van der Waals surface area contributed by atoms with E-state index in [2.05, 4.69) is 22.2 Å². The van der Waals surface area contributed by atoms with Gasteiger partial charge in [-0.05, 0) is 68.5 Å². The number of carbonyl (C=O) groups excluding carboxylic acids is 2. The van der Waals surface area contributed by atoms with Crippen LogP contribution < -0.4 is 10.6 Å². The average Bonchev–Trinajstić information content (AvgIpc) is 3.18. The van der Waals surface area contributed by atoms with Gasteiger partial charge in [-0.25, -0.2) is 4.98 Å². The third-order valence-corrected chi connectivity index (χ3v) is 6.13. The Morgan fingerprint density at radius 3 is 2.68 bits per heavy atom. The maximum absolute atomic E-state index is 13.1. The highest BCUT2D eigenvalue weighted by molar-refractivity contribution is 6.04. The van der Waals surface area contributed by atoms with E-state index in [4.69, 9.17) is 0 Å². The first-order valence-electron chi connectivity index (χ1n) is 11.1. The van der Waals surface area contributed by atoms with E-state index >= 15 is 0 Å². The Bertz CT molecular complexity index is 1250. The van der Waals surface area contributed by atoms with Crippen molar-refractivity contribution in [1.29, 1.82) is 0 Å². The lowest BCUT2D eigenvalue weighted by Gasteiger charge is -2.32. The Labute approximate surface area is 194 Å². The first kappa shape index (κ1) is 23.5. The molecule has 3 aromatic rings. The van der Waals surface area contributed by atoms with Crippen LogP contribution in [0.2, 0.25) is 0 Å². The largest absolute Gasteiger partial charge is 0.416 e. The van der Waals surface area contributed by atoms with Gasteiger partial charge in [-0.3, -0.25) is 14.9 Å². The van der Waals surface area contributed by atoms with Gasteiger partial charge in [-0.15, -0.1) is 0 Å². The van der Waals surface area contributed by atoms with Crippen LogP contribution >= 0.6 is 0 Å². The van der Waals surface area contributed by atoms with Crippen molar-refractivity contribution in [1.82, 2.24) is 14.9 Å². The van der Waals surface area contributed by atoms with Crippen molar-refractivity contribution in [2.75, 3.05) is 5.32 Å². The van der Waals surface area contributed by atoms with Crippen LogP contribution in [0, 0.1) is 6.92 Å². The topological polar surface area (TPSA) is 76.0 Å². The van der Waals surface area contributed by atoms with E-state index in [1.165, 1.54) is 18.2 Å². The highest BCUT2D eigenvalue weighted by Crippen LogP contribution is 2.36. The van der Waals surface area contributed by atoms with Gasteiger partial charge in [0.25, 0.3) is 5.91 Å². The van der Waals surface area contributed by atoms with Gasteiger partial charge in [0.05, 0.1) is 16.6 Å². The van der Waals surface area contributed by atoms with Crippen LogP contribution in [0.4, 0.5) is 19.1 Å². The van der Waals surface area contributed by atoms with Gasteiger partial charge < -0.3 is 9.88 Å². The molecule has 2 N–H and O–H groups in total. The second-order valence-corrected chi connectivity index (χ2v) is 8.51. The second-order valence-electron chi connectivity index (χ2n) is 8.51. The van der Waals surface area contributed by atoms with Crippen molar-refractivity contribution < 1.29 is 22.8 Å². The molecule has 0 radical (unpaired) electrons. The summed E-state index contributed by atoms with van der Waals surface area (Å²) in [6.45, 7) is 5.44. The minimum absolute atomic E-state index is 0.0577. The van der Waals surface area contributed by atoms with E-state index in [0.717, 1.165) is 42.5 Å². The highest BCUT2D eigenvalue weighted by Gasteiger charge is 2.32. The Hall–Kier alpha value is -3.62. The van der Waals surface area contributed by atoms with Gasteiger partial charge in [0, 0.05) is 17.6 Å². The van der Waals surface area contributed by atoms with E-state index in [-0.39, 0.29) is 29.5 Å². The number of rotatable bonds is 5. The maximum atomic E-state index is 13.1. The van der Waals surface area contributed by atoms with Gasteiger partial charge in [0.2, 0.25) is 11.9 Å². The number of para-hydroxylation sites is 1. The van der Waals surface area contributed by atoms with Crippen LogP contribution in [0.1, 0.15) is 53.2 Å². The number of alkyl halides is 3. The van der Waals surface area contributed by atoms with Crippen molar-refractivity contribution in [3.05, 3.63) is 71.8 Å². The zero-order chi connectivity index (χ0) is 24.5. The third-order valence-electron chi connectivity index (χ3n) is 6.13. The minimum atomic E-state index is -4.55. The SMILES string of the molecule is C=CC(=O)N[C@@H]1CCC[C@H](n2c(NC(=O)c3cccc(C(F)(F)F)c3)nc3cccc(C)c32)C1. The summed E-state index contributed by atoms with van der Waals surface area (Å²) in [7, 11) is 0. The number of amides is 2. The molecule has 178 valence electrons. The summed E-state index contributed by atoms with van der Waals surface area (Å²) in [5, 5.41) is 5.67. The monoisotopic (exact) mass is 470 g/mol. The first-order chi connectivity index (χ1) is 16.2. The molecule has 4 rings (SSSR count). The predicted molar refractivity (Wildman–Crippen MR) is 123 cm³/mol. The Morgan fingerprint density at radius 1 is 1.18 bits per heavy atom. The summed E-state index contributed by atoms with van der Waals surface area (Å²) in [4.78, 5) is 29.4. The molecule has 34 heavy (non-hydrogen) atoms. The van der Waals surface area contributed by atoms with Crippen LogP contribution in [0.25, 0.3) is 11.0 Å². The molecule has 6 nitrogen and oxygen atoms in total. The number of halogens is 3. The number of aryl methyl sites for hydroxylation is 1. The molecule has 0 bridgehead atoms. The number of imidazole rings is 1. The molecule has 2 amide bonds. The fraction of sp³-hybridized carbons (Fsp3) is 0.320. The summed E-state index contributed by atoms with van der Waals surface area (Å²) >= 11 is 0. The molecule has 2 atom stereocenters. The van der Waals surface area contributed by atoms with E-state index in [0.29, 0.717) is 11.9 Å². The number of anilines is 1. The Kier molecular flexibility index (Phi) is 6.45. The van der Waals surface area contributed by atoms with E-state index < -0.39 is 17.6 Å². The van der Waals surface area contributed by atoms with Crippen LogP contribution in [0.3, 0.4) is 0 Å². The van der Waals surface area contributed by atoms with E-state index in [9.17, 15) is 22.8 Å². The number of carbonyl (C=O) groups is 2. The number of benzene rings is 2. The number of hydrogen-bond donors (Lipinski definition) is 2. The van der Waals surface area contributed by atoms with Gasteiger partial charge in [-0.2, -0.15) is 13.2 Å². The minimum Gasteiger partial charge on any atom is -0.350 e. The average molecular weight is 470 g/mol. The lowest BCUT2D eigenvalue weighted by molar-refractivity contribution is -0.137. The predicted octanol–water partition coefficient (Wildman–Crippen LogP) is 5.40. The standard InChI is InChI=1S/C25H25F3N4O2/c1-3-21(33)29-18-10-6-11-19(14-18)32-22-15(2)7-4-12-20(22)30-24(32)31-23(34)16-8-5-9-17(13-16)25(26,27)28/h3-5,7-9,12-13,18-19H,1,6,10-11,14H2,2H3,(H,29,33)(H,30,31,34)/t18-,19+/m1/s1. The second kappa shape index (κ2) is 9.32. The van der Waals surface area contributed by atoms with E-state index in [1.54, 1.807) is 0 Å². The van der Waals surface area contributed by atoms with Crippen molar-refractivity contribution in [3.8, 4) is 0 Å². The molecule has 1 fully saturated rings. The molecule has 0 aliphatic heterocycles. The molecule has 0 spiro atoms. The molecule has 1 aliphatic carbocycles. The molecular formula is C25H25F3N4O2. The molecular weight excluding hydrogens is 445 g/mol. The molecule has 1 aromatic heterocycles. The van der Waals surface area contributed by atoms with E-state index in [1.807, 2.05) is 29.7 Å². The lowest BCUT2D eigenvalue weighted by Crippen LogP contribution is -2.38. The fourth-order valence-electron chi connectivity index (χ4n) is 4.56. The normalized spacial score (nSPS) is 18.5. The summed E-state index contributed by atoms with van der Waals surface area (Å²) in [6.07, 6.45) is -0.181. The lowest BCUT2D eigenvalue weighted by atomic mass is 9.90. The number of hydrogen-bond acceptors (Lipinski definition) is 3. The van der Waals surface area contributed by atoms with Crippen LogP contribution in [0.5, 0.6) is 0 Å². The number of nitrogens with one attached hydrogen (secondary N) is 2. The molecule has 0 saturated heterocycles. The van der Waals surface area contributed by atoms with Crippen LogP contribution in [0.15, 0.2) is 55.1 Å². The molecule has 9 heteroatoms. The number of nitrogens with zero attached hydrogens (tertiary/aromatic N) is 2. The Balaban J connectivity index is 1.69. The number of fused-ring (bicyclic) bond motifs is 1. The van der Waals surface area contributed by atoms with Crippen LogP contribution in [-0.2, 0) is 11.0 Å². The molecule has 0 unspecified atom stereocenters. The van der Waals surface area contributed by atoms with Crippen molar-refractivity contribution in [3.63, 3.8) is 0 Å². The Morgan fingerprint density at radius 2 is 1.94 bits per heavy atom. The highest BCUT2D eigenvalue weighted by atomic mass is 19.4. The van der Waals surface area contributed by atoms with Gasteiger partial charge in [-0.1, -0.05) is 24.8 Å². The first-order valence-corrected chi connectivity index (χ1v) is 11.1. The molecule has 2 aromatic carbocycles. The van der Waals surface area contributed by atoms with Crippen molar-refractivity contribution in [2.24, 2.45) is 0 Å². The van der Waals surface area contributed by atoms with Gasteiger partial charge in [0.1, 0.15) is 0 Å². The smallest absolute Gasteiger partial charge is 0.350 e. The molecule has 1 saturated carbocycles. The van der Waals surface area contributed by atoms with Crippen molar-refractivity contribution in [2.45, 2.75) is 50.9 Å². The van der Waals surface area contributed by atoms with Crippen molar-refractivity contribution >= 4 is 28.8 Å². The zero-order valence-electron chi connectivity index (χ0n) is 18.7. The van der Waals surface area contributed by atoms with Gasteiger partial charge >= 0.3 is 6.18 Å². The summed E-state index contributed by atoms with van der Waals surface area (Å²) in [5.74, 6) is -0.643. The molecule has 1 heterocycles. The quantitative estimate of drug-likeness (QED) is 0.490. The summed E-state index contributed by atoms with van der Waals surface area (Å²) < 4.78 is 41.3. The fourth-order valence-corrected chi connectivity index (χ4v) is 4.56. The summed E-state index contributed by atoms with van der Waals surface area (Å²) in [5.41, 5.74) is 1.49. The third kappa shape index (κ3) is 4.83. The summed E-state index contributed by atoms with van der Waals surface area (Å²) in [6, 6.07) is 9.82. The molecule has 1 aliphatic rings. The maximum Gasteiger partial charge on any atom is 0.416 e. The zero-order valence-corrected chi connectivity index (χ0v) is 18.7. The van der Waals surface area contributed by atoms with Gasteiger partial charge in [0.15, 0.2) is 0 Å². The number of aromatic nitrogens is 2. The van der Waals surface area contributed by atoms with Crippen LogP contribution in [-0.4, -0.2) is 27.4 Å².